The minimum absolute atomic E-state index is 0.0109. The van der Waals surface area contributed by atoms with Crippen LogP contribution in [0, 0.1) is 0 Å². The Bertz CT molecular complexity index is 1030. The molecule has 0 saturated carbocycles. The molecule has 2 aromatic rings. The zero-order valence-electron chi connectivity index (χ0n) is 17.6. The van der Waals surface area contributed by atoms with Crippen molar-refractivity contribution in [2.24, 2.45) is 0 Å². The fourth-order valence-electron chi connectivity index (χ4n) is 2.69. The maximum Gasteiger partial charge on any atom is 0.337 e. The van der Waals surface area contributed by atoms with Crippen LogP contribution >= 0.6 is 0 Å². The van der Waals surface area contributed by atoms with E-state index in [0.717, 1.165) is 5.41 Å². The minimum Gasteiger partial charge on any atom is -0.496 e. The summed E-state index contributed by atoms with van der Waals surface area (Å²) in [5, 5.41) is 9.91. The van der Waals surface area contributed by atoms with Gasteiger partial charge in [0.05, 0.1) is 39.8 Å². The molecule has 2 aromatic carbocycles. The van der Waals surface area contributed by atoms with Gasteiger partial charge in [-0.15, -0.1) is 0 Å². The smallest absolute Gasteiger partial charge is 0.337 e. The Balaban J connectivity index is 2.33. The average molecular weight is 452 g/mol. The summed E-state index contributed by atoms with van der Waals surface area (Å²) in [6.07, 6.45) is 1.38. The topological polar surface area (TPSA) is 118 Å². The van der Waals surface area contributed by atoms with E-state index < -0.39 is 22.4 Å². The number of esters is 1. The number of aliphatic hydroxyl groups is 1. The van der Waals surface area contributed by atoms with Crippen LogP contribution in [0.3, 0.4) is 0 Å². The van der Waals surface area contributed by atoms with Gasteiger partial charge in [-0.05, 0) is 23.8 Å². The largest absolute Gasteiger partial charge is 0.496 e. The van der Waals surface area contributed by atoms with Crippen molar-refractivity contribution in [3.05, 3.63) is 46.9 Å². The Labute approximate surface area is 180 Å². The molecule has 10 heteroatoms. The number of aliphatic hydroxyl groups excluding tert-OH is 1. The van der Waals surface area contributed by atoms with Crippen LogP contribution in [-0.4, -0.2) is 54.5 Å². The molecule has 0 amide bonds. The van der Waals surface area contributed by atoms with Gasteiger partial charge in [-0.25, -0.2) is 13.2 Å². The highest BCUT2D eigenvalue weighted by Crippen LogP contribution is 2.35. The second-order valence-corrected chi connectivity index (χ2v) is 8.06. The van der Waals surface area contributed by atoms with Crippen LogP contribution in [0.5, 0.6) is 28.7 Å². The van der Waals surface area contributed by atoms with Crippen LogP contribution in [0.2, 0.25) is 0 Å². The SMILES string of the molecule is COc1cc(OC)c(C=CS(=O)(=O)Cc2ccc(OC)c(OC(=O)CO)c2)c(OC)c1. The number of ether oxygens (including phenoxy) is 5. The summed E-state index contributed by atoms with van der Waals surface area (Å²) in [6.45, 7) is -0.819. The van der Waals surface area contributed by atoms with Crippen molar-refractivity contribution in [3.8, 4) is 28.7 Å². The van der Waals surface area contributed by atoms with Crippen LogP contribution in [0.25, 0.3) is 6.08 Å². The standard InChI is InChI=1S/C21H24O9S/c1-26-15-10-18(28-3)16(19(11-15)29-4)7-8-31(24,25)13-14-5-6-17(27-2)20(9-14)30-21(23)12-22/h5-11,22H,12-13H2,1-4H3. The molecule has 0 aromatic heterocycles. The van der Waals surface area contributed by atoms with Crippen molar-refractivity contribution >= 4 is 21.9 Å². The highest BCUT2D eigenvalue weighted by Gasteiger charge is 2.16. The van der Waals surface area contributed by atoms with Crippen LogP contribution in [0.1, 0.15) is 11.1 Å². The van der Waals surface area contributed by atoms with Crippen molar-refractivity contribution < 1.29 is 42.0 Å². The predicted octanol–water partition coefficient (Wildman–Crippen LogP) is 2.20. The van der Waals surface area contributed by atoms with Crippen LogP contribution in [0.15, 0.2) is 35.7 Å². The highest BCUT2D eigenvalue weighted by molar-refractivity contribution is 7.93. The van der Waals surface area contributed by atoms with Gasteiger partial charge < -0.3 is 28.8 Å². The molecule has 9 nitrogen and oxygen atoms in total. The summed E-state index contributed by atoms with van der Waals surface area (Å²) in [6, 6.07) is 7.60. The number of hydrogen-bond donors (Lipinski definition) is 1. The van der Waals surface area contributed by atoms with Crippen molar-refractivity contribution in [3.63, 3.8) is 0 Å². The molecule has 0 radical (unpaired) electrons. The maximum absolute atomic E-state index is 12.7. The lowest BCUT2D eigenvalue weighted by molar-refractivity contribution is -0.137. The fraction of sp³-hybridized carbons (Fsp3) is 0.286. The molecule has 2 rings (SSSR count). The molecule has 0 aliphatic heterocycles. The van der Waals surface area contributed by atoms with E-state index in [1.807, 2.05) is 0 Å². The Hall–Kier alpha value is -3.24. The van der Waals surface area contributed by atoms with E-state index >= 15 is 0 Å². The van der Waals surface area contributed by atoms with Crippen LogP contribution < -0.4 is 23.7 Å². The zero-order valence-corrected chi connectivity index (χ0v) is 18.4. The summed E-state index contributed by atoms with van der Waals surface area (Å²) in [4.78, 5) is 11.4. The molecule has 0 fully saturated rings. The van der Waals surface area contributed by atoms with Crippen molar-refractivity contribution in [1.29, 1.82) is 0 Å². The van der Waals surface area contributed by atoms with Gasteiger partial charge in [-0.1, -0.05) is 6.07 Å². The van der Waals surface area contributed by atoms with Gasteiger partial charge in [0.25, 0.3) is 0 Å². The van der Waals surface area contributed by atoms with Gasteiger partial charge >= 0.3 is 5.97 Å². The van der Waals surface area contributed by atoms with E-state index in [1.54, 1.807) is 12.1 Å². The van der Waals surface area contributed by atoms with E-state index in [4.69, 9.17) is 28.8 Å². The first-order chi connectivity index (χ1) is 14.8. The van der Waals surface area contributed by atoms with E-state index in [0.29, 0.717) is 28.4 Å². The van der Waals surface area contributed by atoms with E-state index in [1.165, 1.54) is 52.7 Å². The third kappa shape index (κ3) is 6.37. The molecular weight excluding hydrogens is 428 g/mol. The number of carbonyl (C=O) groups is 1. The number of carbonyl (C=O) groups excluding carboxylic acids is 1. The first-order valence-corrected chi connectivity index (χ1v) is 10.7. The van der Waals surface area contributed by atoms with Gasteiger partial charge in [0.15, 0.2) is 21.3 Å². The molecule has 0 unspecified atom stereocenters. The number of hydrogen-bond acceptors (Lipinski definition) is 9. The number of sulfone groups is 1. The number of methoxy groups -OCH3 is 4. The van der Waals surface area contributed by atoms with E-state index in [9.17, 15) is 13.2 Å². The lowest BCUT2D eigenvalue weighted by atomic mass is 10.1. The summed E-state index contributed by atoms with van der Waals surface area (Å²) >= 11 is 0. The Morgan fingerprint density at radius 2 is 1.52 bits per heavy atom. The predicted molar refractivity (Wildman–Crippen MR) is 113 cm³/mol. The minimum atomic E-state index is -3.72. The second-order valence-electron chi connectivity index (χ2n) is 6.17. The van der Waals surface area contributed by atoms with Gasteiger partial charge in [-0.3, -0.25) is 0 Å². The van der Waals surface area contributed by atoms with E-state index in [2.05, 4.69) is 0 Å². The monoisotopic (exact) mass is 452 g/mol. The molecule has 0 bridgehead atoms. The van der Waals surface area contributed by atoms with E-state index in [-0.39, 0.29) is 17.3 Å². The van der Waals surface area contributed by atoms with Crippen molar-refractivity contribution in [2.75, 3.05) is 35.0 Å². The summed E-state index contributed by atoms with van der Waals surface area (Å²) in [5.41, 5.74) is 0.793. The third-order valence-electron chi connectivity index (χ3n) is 4.14. The number of benzene rings is 2. The lowest BCUT2D eigenvalue weighted by Crippen LogP contribution is -2.13. The highest BCUT2D eigenvalue weighted by atomic mass is 32.2. The molecule has 0 heterocycles. The molecule has 0 aliphatic rings. The Morgan fingerprint density at radius 1 is 0.903 bits per heavy atom. The maximum atomic E-state index is 12.7. The molecule has 0 aliphatic carbocycles. The van der Waals surface area contributed by atoms with Crippen molar-refractivity contribution in [2.45, 2.75) is 5.75 Å². The molecule has 1 N–H and O–H groups in total. The first kappa shape index (κ1) is 24.0. The lowest BCUT2D eigenvalue weighted by Gasteiger charge is -2.12. The average Bonchev–Trinajstić information content (AvgIpc) is 2.76. The second kappa shape index (κ2) is 10.7. The van der Waals surface area contributed by atoms with Gasteiger partial charge in [0.1, 0.15) is 23.9 Å². The quantitative estimate of drug-likeness (QED) is 0.427. The summed E-state index contributed by atoms with van der Waals surface area (Å²) < 4.78 is 51.2. The Morgan fingerprint density at radius 3 is 2.03 bits per heavy atom. The molecule has 0 atom stereocenters. The van der Waals surface area contributed by atoms with Crippen LogP contribution in [-0.2, 0) is 20.4 Å². The molecule has 0 saturated heterocycles. The number of rotatable bonds is 10. The molecular formula is C21H24O9S. The van der Waals surface area contributed by atoms with Gasteiger partial charge in [0, 0.05) is 17.5 Å². The summed E-state index contributed by atoms with van der Waals surface area (Å²) in [7, 11) is 2.05. The molecule has 0 spiro atoms. The zero-order chi connectivity index (χ0) is 23.0. The van der Waals surface area contributed by atoms with Gasteiger partial charge in [0.2, 0.25) is 0 Å². The third-order valence-corrected chi connectivity index (χ3v) is 5.43. The normalized spacial score (nSPS) is 11.3. The molecule has 168 valence electrons. The Kier molecular flexibility index (Phi) is 8.29. The fourth-order valence-corrected chi connectivity index (χ4v) is 3.78. The molecule has 31 heavy (non-hydrogen) atoms. The van der Waals surface area contributed by atoms with Crippen LogP contribution in [0.4, 0.5) is 0 Å². The van der Waals surface area contributed by atoms with Crippen molar-refractivity contribution in [1.82, 2.24) is 0 Å². The summed E-state index contributed by atoms with van der Waals surface area (Å²) in [5.74, 6) is 0.241. The first-order valence-electron chi connectivity index (χ1n) is 8.96. The van der Waals surface area contributed by atoms with Gasteiger partial charge in [-0.2, -0.15) is 0 Å².